The summed E-state index contributed by atoms with van der Waals surface area (Å²) in [6.45, 7) is 1.83. The molecule has 0 radical (unpaired) electrons. The zero-order valence-corrected chi connectivity index (χ0v) is 11.1. The van der Waals surface area contributed by atoms with Gasteiger partial charge in [-0.15, -0.1) is 0 Å². The average Bonchev–Trinajstić information content (AvgIpc) is 3.10. The zero-order chi connectivity index (χ0) is 13.8. The van der Waals surface area contributed by atoms with E-state index in [0.29, 0.717) is 29.1 Å². The van der Waals surface area contributed by atoms with Gasteiger partial charge in [-0.3, -0.25) is 0 Å². The van der Waals surface area contributed by atoms with Crippen LogP contribution in [0.2, 0.25) is 0 Å². The van der Waals surface area contributed by atoms with Crippen molar-refractivity contribution in [1.82, 2.24) is 10.1 Å². The third-order valence-corrected chi connectivity index (χ3v) is 3.28. The number of hydrogen-bond acceptors (Lipinski definition) is 6. The van der Waals surface area contributed by atoms with Gasteiger partial charge in [0, 0.05) is 19.6 Å². The Morgan fingerprint density at radius 3 is 3.05 bits per heavy atom. The second-order valence-corrected chi connectivity index (χ2v) is 4.86. The number of hydrogen-bond donors (Lipinski definition) is 1. The fraction of sp³-hybridized carbons (Fsp3) is 0.429. The van der Waals surface area contributed by atoms with Gasteiger partial charge in [0.05, 0.1) is 5.69 Å². The predicted octanol–water partition coefficient (Wildman–Crippen LogP) is 1.81. The molecule has 106 valence electrons. The lowest BCUT2D eigenvalue weighted by atomic mass is 10.1. The van der Waals surface area contributed by atoms with Crippen molar-refractivity contribution in [2.24, 2.45) is 5.92 Å². The van der Waals surface area contributed by atoms with Crippen LogP contribution in [0.4, 0.5) is 5.69 Å². The molecule has 1 unspecified atom stereocenters. The number of aromatic nitrogens is 2. The number of ether oxygens (including phenoxy) is 2. The monoisotopic (exact) mass is 275 g/mol. The number of nitrogens with zero attached hydrogens (tertiary/aromatic N) is 2. The Kier molecular flexibility index (Phi) is 3.83. The minimum Gasteiger partial charge on any atom is -0.482 e. The Hall–Kier alpha value is -2.08. The second-order valence-electron chi connectivity index (χ2n) is 4.86. The lowest BCUT2D eigenvalue weighted by Gasteiger charge is -2.05. The van der Waals surface area contributed by atoms with Crippen molar-refractivity contribution in [3.8, 4) is 5.75 Å². The number of nitrogens with two attached hydrogens (primary N) is 1. The topological polar surface area (TPSA) is 83.4 Å². The van der Waals surface area contributed by atoms with E-state index in [1.807, 2.05) is 18.2 Å². The summed E-state index contributed by atoms with van der Waals surface area (Å²) < 4.78 is 16.1. The Morgan fingerprint density at radius 1 is 1.35 bits per heavy atom. The standard InChI is InChI=1S/C14H17N3O3/c15-11-3-1-2-4-12(11)19-9-14-16-13(17-20-14)7-10-5-6-18-8-10/h1-4,10H,5-9,15H2. The van der Waals surface area contributed by atoms with Crippen LogP contribution in [0, 0.1) is 5.92 Å². The third kappa shape index (κ3) is 3.08. The van der Waals surface area contributed by atoms with Crippen LogP contribution in [-0.4, -0.2) is 23.4 Å². The molecule has 6 heteroatoms. The molecule has 0 aliphatic carbocycles. The van der Waals surface area contributed by atoms with Crippen molar-refractivity contribution in [2.45, 2.75) is 19.4 Å². The average molecular weight is 275 g/mol. The fourth-order valence-electron chi connectivity index (χ4n) is 2.19. The van der Waals surface area contributed by atoms with Gasteiger partial charge < -0.3 is 19.7 Å². The molecular weight excluding hydrogens is 258 g/mol. The van der Waals surface area contributed by atoms with Gasteiger partial charge in [0.2, 0.25) is 0 Å². The van der Waals surface area contributed by atoms with Crippen molar-refractivity contribution in [3.05, 3.63) is 36.0 Å². The molecule has 1 aliphatic heterocycles. The molecule has 1 atom stereocenters. The molecule has 0 bridgehead atoms. The maximum absolute atomic E-state index is 5.79. The molecule has 1 aromatic carbocycles. The SMILES string of the molecule is Nc1ccccc1OCc1nc(CC2CCOC2)no1. The van der Waals surface area contributed by atoms with E-state index >= 15 is 0 Å². The Balaban J connectivity index is 1.56. The molecule has 0 spiro atoms. The molecule has 0 amide bonds. The first-order chi connectivity index (χ1) is 9.81. The highest BCUT2D eigenvalue weighted by Gasteiger charge is 2.19. The molecule has 2 aromatic rings. The normalized spacial score (nSPS) is 18.3. The number of para-hydroxylation sites is 2. The van der Waals surface area contributed by atoms with E-state index < -0.39 is 0 Å². The predicted molar refractivity (Wildman–Crippen MR) is 72.1 cm³/mol. The van der Waals surface area contributed by atoms with Crippen molar-refractivity contribution in [1.29, 1.82) is 0 Å². The van der Waals surface area contributed by atoms with Crippen molar-refractivity contribution in [3.63, 3.8) is 0 Å². The van der Waals surface area contributed by atoms with Gasteiger partial charge >= 0.3 is 0 Å². The third-order valence-electron chi connectivity index (χ3n) is 3.28. The van der Waals surface area contributed by atoms with E-state index in [2.05, 4.69) is 10.1 Å². The van der Waals surface area contributed by atoms with Gasteiger partial charge in [0.15, 0.2) is 12.4 Å². The smallest absolute Gasteiger partial charge is 0.264 e. The fourth-order valence-corrected chi connectivity index (χ4v) is 2.19. The van der Waals surface area contributed by atoms with E-state index in [1.54, 1.807) is 6.07 Å². The highest BCUT2D eigenvalue weighted by atomic mass is 16.5. The molecule has 0 saturated carbocycles. The first-order valence-corrected chi connectivity index (χ1v) is 6.68. The largest absolute Gasteiger partial charge is 0.482 e. The van der Waals surface area contributed by atoms with Crippen LogP contribution in [0.15, 0.2) is 28.8 Å². The first kappa shape index (κ1) is 12.9. The maximum atomic E-state index is 5.79. The number of anilines is 1. The highest BCUT2D eigenvalue weighted by molar-refractivity contribution is 5.51. The molecule has 2 N–H and O–H groups in total. The maximum Gasteiger partial charge on any atom is 0.264 e. The summed E-state index contributed by atoms with van der Waals surface area (Å²) in [6, 6.07) is 7.32. The number of benzene rings is 1. The Labute approximate surface area is 116 Å². The van der Waals surface area contributed by atoms with Gasteiger partial charge in [-0.05, 0) is 24.5 Å². The molecule has 1 aliphatic rings. The lowest BCUT2D eigenvalue weighted by molar-refractivity contribution is 0.185. The van der Waals surface area contributed by atoms with Crippen LogP contribution >= 0.6 is 0 Å². The van der Waals surface area contributed by atoms with E-state index in [9.17, 15) is 0 Å². The van der Waals surface area contributed by atoms with Gasteiger partial charge in [0.1, 0.15) is 5.75 Å². The number of rotatable bonds is 5. The summed E-state index contributed by atoms with van der Waals surface area (Å²) in [6.07, 6.45) is 1.85. The quantitative estimate of drug-likeness (QED) is 0.838. The van der Waals surface area contributed by atoms with Crippen molar-refractivity contribution >= 4 is 5.69 Å². The first-order valence-electron chi connectivity index (χ1n) is 6.68. The second kappa shape index (κ2) is 5.92. The molecule has 1 fully saturated rings. The summed E-state index contributed by atoms with van der Waals surface area (Å²) in [4.78, 5) is 4.32. The van der Waals surface area contributed by atoms with Crippen LogP contribution in [0.3, 0.4) is 0 Å². The molecule has 1 aromatic heterocycles. The van der Waals surface area contributed by atoms with Crippen LogP contribution in [-0.2, 0) is 17.8 Å². The minimum absolute atomic E-state index is 0.225. The van der Waals surface area contributed by atoms with E-state index in [0.717, 1.165) is 26.1 Å². The summed E-state index contributed by atoms with van der Waals surface area (Å²) in [5.41, 5.74) is 6.39. The lowest BCUT2D eigenvalue weighted by Crippen LogP contribution is -2.05. The van der Waals surface area contributed by atoms with Gasteiger partial charge in [0.25, 0.3) is 5.89 Å². The molecule has 20 heavy (non-hydrogen) atoms. The van der Waals surface area contributed by atoms with Gasteiger partial charge in [-0.1, -0.05) is 17.3 Å². The highest BCUT2D eigenvalue weighted by Crippen LogP contribution is 2.21. The van der Waals surface area contributed by atoms with Crippen LogP contribution < -0.4 is 10.5 Å². The van der Waals surface area contributed by atoms with Crippen LogP contribution in [0.25, 0.3) is 0 Å². The van der Waals surface area contributed by atoms with Crippen LogP contribution in [0.5, 0.6) is 5.75 Å². The van der Waals surface area contributed by atoms with Crippen LogP contribution in [0.1, 0.15) is 18.1 Å². The molecule has 6 nitrogen and oxygen atoms in total. The van der Waals surface area contributed by atoms with E-state index in [1.165, 1.54) is 0 Å². The van der Waals surface area contributed by atoms with Gasteiger partial charge in [-0.2, -0.15) is 4.98 Å². The Morgan fingerprint density at radius 2 is 2.25 bits per heavy atom. The summed E-state index contributed by atoms with van der Waals surface area (Å²) in [7, 11) is 0. The van der Waals surface area contributed by atoms with Crippen molar-refractivity contribution in [2.75, 3.05) is 18.9 Å². The number of nitrogen functional groups attached to an aromatic ring is 1. The summed E-state index contributed by atoms with van der Waals surface area (Å²) in [5.74, 6) is 2.28. The molecular formula is C14H17N3O3. The summed E-state index contributed by atoms with van der Waals surface area (Å²) >= 11 is 0. The molecule has 3 rings (SSSR count). The Bertz CT molecular complexity index is 564. The van der Waals surface area contributed by atoms with Gasteiger partial charge in [-0.25, -0.2) is 0 Å². The van der Waals surface area contributed by atoms with E-state index in [4.69, 9.17) is 19.7 Å². The van der Waals surface area contributed by atoms with Crippen molar-refractivity contribution < 1.29 is 14.0 Å². The summed E-state index contributed by atoms with van der Waals surface area (Å²) in [5, 5.41) is 3.96. The molecule has 1 saturated heterocycles. The minimum atomic E-state index is 0.225. The molecule has 2 heterocycles. The van der Waals surface area contributed by atoms with E-state index in [-0.39, 0.29) is 6.61 Å². The zero-order valence-electron chi connectivity index (χ0n) is 11.1.